The van der Waals surface area contributed by atoms with Gasteiger partial charge in [-0.05, 0) is 59.3 Å². The van der Waals surface area contributed by atoms with Crippen molar-refractivity contribution < 1.29 is 9.53 Å². The highest BCUT2D eigenvalue weighted by atomic mass is 79.9. The first-order valence-electron chi connectivity index (χ1n) is 6.30. The lowest BCUT2D eigenvalue weighted by molar-refractivity contribution is 0.0526. The van der Waals surface area contributed by atoms with Crippen molar-refractivity contribution in [2.75, 3.05) is 17.7 Å². The lowest BCUT2D eigenvalue weighted by Gasteiger charge is -2.13. The average Bonchev–Trinajstić information content (AvgIpc) is 2.45. The van der Waals surface area contributed by atoms with Crippen LogP contribution in [0.15, 0.2) is 45.3 Å². The van der Waals surface area contributed by atoms with Crippen LogP contribution in [0.3, 0.4) is 0 Å². The maximum absolute atomic E-state index is 11.8. The highest BCUT2D eigenvalue weighted by Crippen LogP contribution is 2.31. The molecule has 0 fully saturated rings. The monoisotopic (exact) mass is 412 g/mol. The minimum atomic E-state index is -0.367. The minimum absolute atomic E-state index is 0.336. The van der Waals surface area contributed by atoms with Crippen LogP contribution in [-0.4, -0.2) is 12.6 Å². The number of nitrogens with one attached hydrogen (secondary N) is 1. The van der Waals surface area contributed by atoms with Crippen LogP contribution in [0.1, 0.15) is 17.3 Å². The van der Waals surface area contributed by atoms with Crippen molar-refractivity contribution in [3.63, 3.8) is 0 Å². The van der Waals surface area contributed by atoms with E-state index in [1.807, 2.05) is 18.2 Å². The summed E-state index contributed by atoms with van der Waals surface area (Å²) in [6.45, 7) is 2.11. The van der Waals surface area contributed by atoms with Gasteiger partial charge in [-0.1, -0.05) is 15.9 Å². The van der Waals surface area contributed by atoms with Crippen molar-refractivity contribution in [2.24, 2.45) is 0 Å². The van der Waals surface area contributed by atoms with Gasteiger partial charge >= 0.3 is 5.97 Å². The number of carbonyl (C=O) groups is 1. The van der Waals surface area contributed by atoms with Crippen molar-refractivity contribution in [1.82, 2.24) is 0 Å². The molecule has 0 saturated carbocycles. The van der Waals surface area contributed by atoms with Crippen LogP contribution in [0.2, 0.25) is 0 Å². The molecule has 2 aromatic rings. The smallest absolute Gasteiger partial charge is 0.338 e. The molecule has 0 radical (unpaired) electrons. The molecular weight excluding hydrogens is 400 g/mol. The average molecular weight is 414 g/mol. The zero-order valence-corrected chi connectivity index (χ0v) is 14.5. The van der Waals surface area contributed by atoms with Gasteiger partial charge in [0, 0.05) is 8.95 Å². The highest BCUT2D eigenvalue weighted by molar-refractivity contribution is 9.11. The summed E-state index contributed by atoms with van der Waals surface area (Å²) in [6.07, 6.45) is 0. The molecule has 0 spiro atoms. The molecule has 0 bridgehead atoms. The third-order valence-corrected chi connectivity index (χ3v) is 3.95. The van der Waals surface area contributed by atoms with E-state index in [1.54, 1.807) is 25.1 Å². The number of nitrogen functional groups attached to an aromatic ring is 1. The van der Waals surface area contributed by atoms with Gasteiger partial charge in [0.2, 0.25) is 0 Å². The summed E-state index contributed by atoms with van der Waals surface area (Å²) in [6, 6.07) is 10.8. The van der Waals surface area contributed by atoms with Crippen LogP contribution < -0.4 is 11.1 Å². The van der Waals surface area contributed by atoms with Crippen LogP contribution in [-0.2, 0) is 4.74 Å². The number of benzene rings is 2. The molecule has 0 aliphatic carbocycles. The Labute approximate surface area is 139 Å². The normalized spacial score (nSPS) is 10.2. The molecule has 21 heavy (non-hydrogen) atoms. The Balaban J connectivity index is 2.33. The SMILES string of the molecule is CCOC(=O)c1ccc(N)c(Nc2cc(Br)ccc2Br)c1. The van der Waals surface area contributed by atoms with Gasteiger partial charge in [0.05, 0.1) is 29.2 Å². The third kappa shape index (κ3) is 3.98. The first kappa shape index (κ1) is 15.9. The van der Waals surface area contributed by atoms with E-state index in [-0.39, 0.29) is 5.97 Å². The Kier molecular flexibility index (Phi) is 5.25. The number of anilines is 3. The number of ether oxygens (including phenoxy) is 1. The Bertz CT molecular complexity index is 675. The Morgan fingerprint density at radius 3 is 2.67 bits per heavy atom. The molecular formula is C15H14Br2N2O2. The molecule has 2 rings (SSSR count). The standard InChI is InChI=1S/C15H14Br2N2O2/c1-2-21-15(20)9-3-6-12(18)14(7-9)19-13-8-10(16)4-5-11(13)17/h3-8,19H,2,18H2,1H3. The number of hydrogen-bond donors (Lipinski definition) is 2. The molecule has 0 aliphatic heterocycles. The van der Waals surface area contributed by atoms with Gasteiger partial charge in [-0.15, -0.1) is 0 Å². The first-order valence-corrected chi connectivity index (χ1v) is 7.88. The molecule has 6 heteroatoms. The second-order valence-electron chi connectivity index (χ2n) is 4.27. The van der Waals surface area contributed by atoms with Crippen LogP contribution in [0.4, 0.5) is 17.1 Å². The summed E-state index contributed by atoms with van der Waals surface area (Å²) < 4.78 is 6.82. The molecule has 0 saturated heterocycles. The van der Waals surface area contributed by atoms with Crippen molar-refractivity contribution in [3.8, 4) is 0 Å². The second-order valence-corrected chi connectivity index (χ2v) is 6.04. The van der Waals surface area contributed by atoms with E-state index in [9.17, 15) is 4.79 Å². The Morgan fingerprint density at radius 1 is 1.19 bits per heavy atom. The number of rotatable bonds is 4. The van der Waals surface area contributed by atoms with E-state index in [0.29, 0.717) is 23.5 Å². The van der Waals surface area contributed by atoms with Crippen LogP contribution in [0, 0.1) is 0 Å². The lowest BCUT2D eigenvalue weighted by Crippen LogP contribution is -2.06. The van der Waals surface area contributed by atoms with Crippen LogP contribution >= 0.6 is 31.9 Å². The predicted molar refractivity (Wildman–Crippen MR) is 91.9 cm³/mol. The van der Waals surface area contributed by atoms with E-state index < -0.39 is 0 Å². The van der Waals surface area contributed by atoms with E-state index in [1.165, 1.54) is 0 Å². The molecule has 0 atom stereocenters. The second kappa shape index (κ2) is 6.95. The molecule has 2 aromatic carbocycles. The number of carbonyl (C=O) groups excluding carboxylic acids is 1. The maximum atomic E-state index is 11.8. The van der Waals surface area contributed by atoms with E-state index in [4.69, 9.17) is 10.5 Å². The van der Waals surface area contributed by atoms with Gasteiger partial charge in [0.15, 0.2) is 0 Å². The lowest BCUT2D eigenvalue weighted by atomic mass is 10.1. The quantitative estimate of drug-likeness (QED) is 0.562. The van der Waals surface area contributed by atoms with Crippen molar-refractivity contribution in [3.05, 3.63) is 50.9 Å². The summed E-state index contributed by atoms with van der Waals surface area (Å²) in [5, 5.41) is 3.21. The number of halogens is 2. The highest BCUT2D eigenvalue weighted by Gasteiger charge is 2.10. The zero-order chi connectivity index (χ0) is 15.4. The molecule has 0 amide bonds. The summed E-state index contributed by atoms with van der Waals surface area (Å²) in [7, 11) is 0. The van der Waals surface area contributed by atoms with Gasteiger partial charge in [-0.2, -0.15) is 0 Å². The van der Waals surface area contributed by atoms with Gasteiger partial charge in [-0.3, -0.25) is 0 Å². The summed E-state index contributed by atoms with van der Waals surface area (Å²) in [5.74, 6) is -0.367. The summed E-state index contributed by atoms with van der Waals surface area (Å²) in [4.78, 5) is 11.8. The number of hydrogen-bond acceptors (Lipinski definition) is 4. The molecule has 3 N–H and O–H groups in total. The third-order valence-electron chi connectivity index (χ3n) is 2.76. The van der Waals surface area contributed by atoms with Crippen molar-refractivity contribution in [2.45, 2.75) is 6.92 Å². The summed E-state index contributed by atoms with van der Waals surface area (Å²) in [5.41, 5.74) is 8.46. The molecule has 4 nitrogen and oxygen atoms in total. The minimum Gasteiger partial charge on any atom is -0.462 e. The number of esters is 1. The van der Waals surface area contributed by atoms with Gasteiger partial charge in [0.1, 0.15) is 0 Å². The molecule has 110 valence electrons. The van der Waals surface area contributed by atoms with Crippen molar-refractivity contribution in [1.29, 1.82) is 0 Å². The van der Waals surface area contributed by atoms with Gasteiger partial charge < -0.3 is 15.8 Å². The van der Waals surface area contributed by atoms with Gasteiger partial charge in [0.25, 0.3) is 0 Å². The molecule has 0 unspecified atom stereocenters. The van der Waals surface area contributed by atoms with E-state index >= 15 is 0 Å². The molecule has 0 heterocycles. The largest absolute Gasteiger partial charge is 0.462 e. The zero-order valence-electron chi connectivity index (χ0n) is 11.3. The van der Waals surface area contributed by atoms with Crippen LogP contribution in [0.5, 0.6) is 0 Å². The Morgan fingerprint density at radius 2 is 1.95 bits per heavy atom. The fourth-order valence-electron chi connectivity index (χ4n) is 1.74. The van der Waals surface area contributed by atoms with E-state index in [0.717, 1.165) is 14.6 Å². The number of nitrogens with two attached hydrogens (primary N) is 1. The summed E-state index contributed by atoms with van der Waals surface area (Å²) >= 11 is 6.89. The van der Waals surface area contributed by atoms with Gasteiger partial charge in [-0.25, -0.2) is 4.79 Å². The topological polar surface area (TPSA) is 64.3 Å². The first-order chi connectivity index (χ1) is 10.0. The van der Waals surface area contributed by atoms with E-state index in [2.05, 4.69) is 37.2 Å². The molecule has 0 aromatic heterocycles. The molecule has 0 aliphatic rings. The fraction of sp³-hybridized carbons (Fsp3) is 0.133. The predicted octanol–water partition coefficient (Wildman–Crippen LogP) is 4.71. The fourth-order valence-corrected chi connectivity index (χ4v) is 2.45. The Hall–Kier alpha value is -1.53. The van der Waals surface area contributed by atoms with Crippen molar-refractivity contribution >= 4 is 54.9 Å². The maximum Gasteiger partial charge on any atom is 0.338 e. The van der Waals surface area contributed by atoms with Crippen LogP contribution in [0.25, 0.3) is 0 Å².